The SMILES string of the molecule is CN(C1CCN(c2ccc(N3CC(Cn4ccnn4)OC3=O)cc2F)CC1)S(C)(=O)=O. The second-order valence-electron chi connectivity index (χ2n) is 7.87. The van der Waals surface area contributed by atoms with E-state index in [1.54, 1.807) is 36.3 Å². The van der Waals surface area contributed by atoms with Crippen LogP contribution in [-0.4, -0.2) is 78.9 Å². The highest BCUT2D eigenvalue weighted by molar-refractivity contribution is 7.88. The molecule has 31 heavy (non-hydrogen) atoms. The van der Waals surface area contributed by atoms with Gasteiger partial charge in [-0.25, -0.2) is 26.6 Å². The van der Waals surface area contributed by atoms with Gasteiger partial charge in [0.15, 0.2) is 0 Å². The molecule has 2 fully saturated rings. The fourth-order valence-electron chi connectivity index (χ4n) is 4.03. The summed E-state index contributed by atoms with van der Waals surface area (Å²) in [5.41, 5.74) is 0.870. The van der Waals surface area contributed by atoms with E-state index in [4.69, 9.17) is 4.74 Å². The van der Waals surface area contributed by atoms with Crippen LogP contribution in [0.2, 0.25) is 0 Å². The quantitative estimate of drug-likeness (QED) is 0.651. The number of amides is 1. The van der Waals surface area contributed by atoms with E-state index in [2.05, 4.69) is 10.3 Å². The van der Waals surface area contributed by atoms with Crippen molar-refractivity contribution in [1.82, 2.24) is 19.3 Å². The van der Waals surface area contributed by atoms with E-state index >= 15 is 0 Å². The van der Waals surface area contributed by atoms with Crippen LogP contribution >= 0.6 is 0 Å². The predicted molar refractivity (Wildman–Crippen MR) is 112 cm³/mol. The Morgan fingerprint density at radius 2 is 2.03 bits per heavy atom. The van der Waals surface area contributed by atoms with Crippen molar-refractivity contribution >= 4 is 27.5 Å². The fraction of sp³-hybridized carbons (Fsp3) is 0.526. The second kappa shape index (κ2) is 8.42. The Bertz CT molecular complexity index is 1040. The van der Waals surface area contributed by atoms with Crippen molar-refractivity contribution < 1.29 is 22.3 Å². The molecule has 4 rings (SSSR count). The highest BCUT2D eigenvalue weighted by Gasteiger charge is 2.34. The van der Waals surface area contributed by atoms with E-state index < -0.39 is 28.0 Å². The minimum atomic E-state index is -3.25. The van der Waals surface area contributed by atoms with Crippen molar-refractivity contribution in [3.05, 3.63) is 36.4 Å². The van der Waals surface area contributed by atoms with Crippen molar-refractivity contribution in [1.29, 1.82) is 0 Å². The first-order valence-electron chi connectivity index (χ1n) is 10.0. The molecule has 2 saturated heterocycles. The molecule has 1 atom stereocenters. The summed E-state index contributed by atoms with van der Waals surface area (Å²) in [6.45, 7) is 1.76. The van der Waals surface area contributed by atoms with Crippen LogP contribution in [0, 0.1) is 5.82 Å². The van der Waals surface area contributed by atoms with Gasteiger partial charge in [0.25, 0.3) is 0 Å². The third-order valence-electron chi connectivity index (χ3n) is 5.82. The maximum absolute atomic E-state index is 14.9. The Hall–Kier alpha value is -2.73. The first kappa shape index (κ1) is 21.5. The minimum Gasteiger partial charge on any atom is -0.442 e. The zero-order chi connectivity index (χ0) is 22.2. The molecule has 0 spiro atoms. The highest BCUT2D eigenvalue weighted by atomic mass is 32.2. The van der Waals surface area contributed by atoms with E-state index in [9.17, 15) is 17.6 Å². The molecule has 2 aliphatic rings. The summed E-state index contributed by atoms with van der Waals surface area (Å²) in [4.78, 5) is 15.6. The number of benzene rings is 1. The summed E-state index contributed by atoms with van der Waals surface area (Å²) in [5, 5.41) is 7.59. The molecule has 2 aliphatic heterocycles. The van der Waals surface area contributed by atoms with Crippen LogP contribution in [0.5, 0.6) is 0 Å². The smallest absolute Gasteiger partial charge is 0.414 e. The number of hydrogen-bond acceptors (Lipinski definition) is 7. The van der Waals surface area contributed by atoms with E-state index in [-0.39, 0.29) is 6.04 Å². The molecule has 0 N–H and O–H groups in total. The second-order valence-corrected chi connectivity index (χ2v) is 9.92. The molecule has 0 bridgehead atoms. The number of sulfonamides is 1. The van der Waals surface area contributed by atoms with Crippen LogP contribution in [0.4, 0.5) is 20.6 Å². The molecule has 2 aromatic rings. The maximum Gasteiger partial charge on any atom is 0.414 e. The van der Waals surface area contributed by atoms with Crippen molar-refractivity contribution in [3.8, 4) is 0 Å². The molecule has 12 heteroatoms. The average molecular weight is 453 g/mol. The van der Waals surface area contributed by atoms with Gasteiger partial charge in [0.05, 0.1) is 36.9 Å². The Morgan fingerprint density at radius 1 is 1.29 bits per heavy atom. The van der Waals surface area contributed by atoms with Crippen LogP contribution in [0.15, 0.2) is 30.6 Å². The zero-order valence-electron chi connectivity index (χ0n) is 17.4. The number of hydrogen-bond donors (Lipinski definition) is 0. The van der Waals surface area contributed by atoms with Crippen LogP contribution in [0.25, 0.3) is 0 Å². The molecule has 10 nitrogen and oxygen atoms in total. The number of rotatable bonds is 6. The lowest BCUT2D eigenvalue weighted by Gasteiger charge is -2.37. The van der Waals surface area contributed by atoms with Crippen molar-refractivity contribution in [2.45, 2.75) is 31.5 Å². The number of ether oxygens (including phenoxy) is 1. The number of nitrogens with zero attached hydrogens (tertiary/aromatic N) is 6. The number of anilines is 2. The highest BCUT2D eigenvalue weighted by Crippen LogP contribution is 2.30. The van der Waals surface area contributed by atoms with Gasteiger partial charge >= 0.3 is 6.09 Å². The summed E-state index contributed by atoms with van der Waals surface area (Å²) in [7, 11) is -1.67. The lowest BCUT2D eigenvalue weighted by atomic mass is 10.0. The zero-order valence-corrected chi connectivity index (χ0v) is 18.2. The summed E-state index contributed by atoms with van der Waals surface area (Å²) >= 11 is 0. The van der Waals surface area contributed by atoms with Gasteiger partial charge in [-0.15, -0.1) is 5.10 Å². The molecule has 1 amide bonds. The van der Waals surface area contributed by atoms with Crippen LogP contribution in [0.1, 0.15) is 12.8 Å². The van der Waals surface area contributed by atoms with Crippen LogP contribution in [0.3, 0.4) is 0 Å². The van der Waals surface area contributed by atoms with Crippen molar-refractivity contribution in [2.75, 3.05) is 42.7 Å². The van der Waals surface area contributed by atoms with Gasteiger partial charge in [-0.3, -0.25) is 4.90 Å². The Labute approximate surface area is 180 Å². The van der Waals surface area contributed by atoms with Gasteiger partial charge in [0.2, 0.25) is 10.0 Å². The maximum atomic E-state index is 14.9. The van der Waals surface area contributed by atoms with Crippen molar-refractivity contribution in [2.24, 2.45) is 0 Å². The first-order chi connectivity index (χ1) is 14.7. The average Bonchev–Trinajstić information content (AvgIpc) is 3.36. The molecule has 0 aliphatic carbocycles. The molecule has 1 aromatic heterocycles. The molecule has 0 saturated carbocycles. The molecular weight excluding hydrogens is 427 g/mol. The van der Waals surface area contributed by atoms with Gasteiger partial charge in [-0.2, -0.15) is 0 Å². The standard InChI is InChI=1S/C19H25FN6O4S/c1-23(31(2,28)29)14-5-8-24(9-6-14)18-4-3-15(11-17(18)20)26-13-16(30-19(26)27)12-25-10-7-21-22-25/h3-4,7,10-11,14,16H,5-6,8-9,12-13H2,1-2H3. The molecular formula is C19H25FN6O4S. The van der Waals surface area contributed by atoms with E-state index in [0.29, 0.717) is 50.4 Å². The van der Waals surface area contributed by atoms with Crippen molar-refractivity contribution in [3.63, 3.8) is 0 Å². The lowest BCUT2D eigenvalue weighted by Crippen LogP contribution is -2.45. The van der Waals surface area contributed by atoms with Crippen LogP contribution in [-0.2, 0) is 21.3 Å². The molecule has 1 unspecified atom stereocenters. The normalized spacial score (nSPS) is 20.5. The number of carbonyl (C=O) groups excluding carboxylic acids is 1. The van der Waals surface area contributed by atoms with Gasteiger partial charge in [0, 0.05) is 32.4 Å². The minimum absolute atomic E-state index is 0.0881. The Balaban J connectivity index is 1.40. The summed E-state index contributed by atoms with van der Waals surface area (Å²) in [6.07, 6.45) is 4.73. The molecule has 3 heterocycles. The van der Waals surface area contributed by atoms with Gasteiger partial charge < -0.3 is 9.64 Å². The molecule has 1 aromatic carbocycles. The first-order valence-corrected chi connectivity index (χ1v) is 11.9. The Morgan fingerprint density at radius 3 is 2.65 bits per heavy atom. The number of carbonyl (C=O) groups is 1. The largest absolute Gasteiger partial charge is 0.442 e. The molecule has 0 radical (unpaired) electrons. The van der Waals surface area contributed by atoms with Gasteiger partial charge in [0.1, 0.15) is 11.9 Å². The summed E-state index contributed by atoms with van der Waals surface area (Å²) in [5.74, 6) is -0.431. The van der Waals surface area contributed by atoms with Crippen LogP contribution < -0.4 is 9.80 Å². The van der Waals surface area contributed by atoms with E-state index in [0.717, 1.165) is 0 Å². The number of aromatic nitrogens is 3. The number of cyclic esters (lactones) is 1. The fourth-order valence-corrected chi connectivity index (χ4v) is 4.78. The third kappa shape index (κ3) is 4.64. The number of halogens is 1. The lowest BCUT2D eigenvalue weighted by molar-refractivity contribution is 0.129. The third-order valence-corrected chi connectivity index (χ3v) is 7.17. The topological polar surface area (TPSA) is 101 Å². The van der Waals surface area contributed by atoms with Gasteiger partial charge in [-0.1, -0.05) is 5.21 Å². The monoisotopic (exact) mass is 452 g/mol. The molecule has 168 valence electrons. The summed E-state index contributed by atoms with van der Waals surface area (Å²) in [6, 6.07) is 4.61. The Kier molecular flexibility index (Phi) is 5.84. The summed E-state index contributed by atoms with van der Waals surface area (Å²) < 4.78 is 46.7. The van der Waals surface area contributed by atoms with E-state index in [1.807, 2.05) is 4.90 Å². The van der Waals surface area contributed by atoms with E-state index in [1.165, 1.54) is 21.5 Å². The van der Waals surface area contributed by atoms with Gasteiger partial charge in [-0.05, 0) is 31.0 Å². The number of piperidine rings is 1. The predicted octanol–water partition coefficient (Wildman–Crippen LogP) is 1.30.